The first-order valence-electron chi connectivity index (χ1n) is 10.8. The van der Waals surface area contributed by atoms with E-state index in [1.807, 2.05) is 18.2 Å². The third-order valence-corrected chi connectivity index (χ3v) is 6.92. The van der Waals surface area contributed by atoms with Gasteiger partial charge in [0.05, 0.1) is 22.9 Å². The van der Waals surface area contributed by atoms with Gasteiger partial charge < -0.3 is 14.3 Å². The number of thiazole rings is 1. The van der Waals surface area contributed by atoms with Gasteiger partial charge in [-0.3, -0.25) is 14.5 Å². The van der Waals surface area contributed by atoms with Gasteiger partial charge in [0.15, 0.2) is 16.7 Å². The first-order chi connectivity index (χ1) is 16.4. The molecule has 1 amide bonds. The minimum Gasteiger partial charge on any atom is -0.503 e. The van der Waals surface area contributed by atoms with Gasteiger partial charge in [-0.25, -0.2) is 4.98 Å². The van der Waals surface area contributed by atoms with Crippen molar-refractivity contribution >= 4 is 38.4 Å². The number of amides is 1. The van der Waals surface area contributed by atoms with Crippen LogP contribution in [0.25, 0.3) is 10.2 Å². The highest BCUT2D eigenvalue weighted by Crippen LogP contribution is 2.46. The number of anilines is 1. The van der Waals surface area contributed by atoms with Crippen LogP contribution in [0.5, 0.6) is 5.75 Å². The highest BCUT2D eigenvalue weighted by atomic mass is 32.1. The second-order valence-electron chi connectivity index (χ2n) is 7.97. The van der Waals surface area contributed by atoms with E-state index in [1.54, 1.807) is 37.3 Å². The van der Waals surface area contributed by atoms with Gasteiger partial charge in [-0.1, -0.05) is 42.5 Å². The lowest BCUT2D eigenvalue weighted by Gasteiger charge is -2.25. The van der Waals surface area contributed by atoms with Gasteiger partial charge in [0.2, 0.25) is 5.78 Å². The Labute approximate surface area is 199 Å². The number of hydrogen-bond donors (Lipinski definition) is 1. The number of ketones is 1. The van der Waals surface area contributed by atoms with Crippen molar-refractivity contribution in [3.05, 3.63) is 88.6 Å². The average molecular weight is 475 g/mol. The summed E-state index contributed by atoms with van der Waals surface area (Å²) in [6.07, 6.45) is 0.874. The van der Waals surface area contributed by atoms with E-state index in [4.69, 9.17) is 9.15 Å². The first kappa shape index (κ1) is 21.9. The Morgan fingerprint density at radius 3 is 2.71 bits per heavy atom. The summed E-state index contributed by atoms with van der Waals surface area (Å²) in [4.78, 5) is 32.9. The molecular formula is C26H22N2O5S. The number of aromatic nitrogens is 1. The van der Waals surface area contributed by atoms with Gasteiger partial charge >= 0.3 is 0 Å². The fourth-order valence-electron chi connectivity index (χ4n) is 4.19. The van der Waals surface area contributed by atoms with Crippen LogP contribution < -0.4 is 9.64 Å². The van der Waals surface area contributed by atoms with Crippen LogP contribution in [0.1, 0.15) is 40.4 Å². The molecule has 2 aromatic carbocycles. The molecule has 0 saturated heterocycles. The molecule has 172 valence electrons. The van der Waals surface area contributed by atoms with E-state index in [2.05, 4.69) is 11.9 Å². The van der Waals surface area contributed by atoms with Crippen molar-refractivity contribution in [2.24, 2.45) is 0 Å². The predicted molar refractivity (Wildman–Crippen MR) is 130 cm³/mol. The fraction of sp³-hybridized carbons (Fsp3) is 0.192. The van der Waals surface area contributed by atoms with Crippen LogP contribution in [0.15, 0.2) is 70.3 Å². The molecule has 4 aromatic rings. The maximum absolute atomic E-state index is 13.5. The summed E-state index contributed by atoms with van der Waals surface area (Å²) >= 11 is 1.34. The number of ether oxygens (including phenoxy) is 1. The summed E-state index contributed by atoms with van der Waals surface area (Å²) in [5.74, 6) is -0.801. The standard InChI is InChI=1S/C26H22N2O5S/c1-4-15-10-11-17-20(13-15)34-26(27-17)28-22(16-7-5-6-8-18(16)32-3)21(24(30)25(28)31)23(29)19-12-9-14(2)33-19/h5-13,22,30H,4H2,1-3H3. The number of hydrogen-bond acceptors (Lipinski definition) is 7. The van der Waals surface area contributed by atoms with Gasteiger partial charge in [0.25, 0.3) is 5.91 Å². The number of rotatable bonds is 6. The molecule has 34 heavy (non-hydrogen) atoms. The van der Waals surface area contributed by atoms with Gasteiger partial charge in [0, 0.05) is 5.56 Å². The summed E-state index contributed by atoms with van der Waals surface area (Å²) in [5.41, 5.74) is 2.38. The zero-order valence-corrected chi connectivity index (χ0v) is 19.7. The minimum absolute atomic E-state index is 0.0467. The predicted octanol–water partition coefficient (Wildman–Crippen LogP) is 5.55. The molecule has 0 spiro atoms. The first-order valence-corrected chi connectivity index (χ1v) is 11.6. The molecule has 1 N–H and O–H groups in total. The number of Topliss-reactive ketones (excluding diaryl/α,β-unsaturated/α-hetero) is 1. The summed E-state index contributed by atoms with van der Waals surface area (Å²) < 4.78 is 12.0. The number of nitrogens with zero attached hydrogens (tertiary/aromatic N) is 2. The minimum atomic E-state index is -0.937. The Bertz CT molecular complexity index is 1460. The third kappa shape index (κ3) is 3.47. The van der Waals surface area contributed by atoms with Crippen molar-refractivity contribution in [1.82, 2.24) is 4.98 Å². The Hall–Kier alpha value is -3.91. The SMILES string of the molecule is CCc1ccc2nc(N3C(=O)C(O)=C(C(=O)c4ccc(C)o4)C3c3ccccc3OC)sc2c1. The lowest BCUT2D eigenvalue weighted by atomic mass is 9.94. The van der Waals surface area contributed by atoms with Crippen LogP contribution in [-0.4, -0.2) is 28.9 Å². The quantitative estimate of drug-likeness (QED) is 0.368. The van der Waals surface area contributed by atoms with Gasteiger partial charge in [-0.15, -0.1) is 0 Å². The van der Waals surface area contributed by atoms with Crippen molar-refractivity contribution in [2.45, 2.75) is 26.3 Å². The lowest BCUT2D eigenvalue weighted by molar-refractivity contribution is -0.117. The second kappa shape index (κ2) is 8.46. The Kier molecular flexibility index (Phi) is 5.45. The Morgan fingerprint density at radius 1 is 1.21 bits per heavy atom. The largest absolute Gasteiger partial charge is 0.503 e. The highest BCUT2D eigenvalue weighted by Gasteiger charge is 2.47. The number of carbonyl (C=O) groups is 2. The molecule has 1 unspecified atom stereocenters. The average Bonchev–Trinajstić information content (AvgIpc) is 3.54. The zero-order chi connectivity index (χ0) is 24.0. The molecule has 0 aliphatic carbocycles. The molecule has 1 aliphatic rings. The molecular weight excluding hydrogens is 452 g/mol. The number of para-hydroxylation sites is 1. The molecule has 3 heterocycles. The van der Waals surface area contributed by atoms with Crippen molar-refractivity contribution < 1.29 is 23.8 Å². The number of methoxy groups -OCH3 is 1. The zero-order valence-electron chi connectivity index (χ0n) is 18.9. The van der Waals surface area contributed by atoms with E-state index < -0.39 is 23.5 Å². The van der Waals surface area contributed by atoms with Crippen LogP contribution in [0.4, 0.5) is 5.13 Å². The van der Waals surface area contributed by atoms with Crippen molar-refractivity contribution in [3.8, 4) is 5.75 Å². The molecule has 2 aromatic heterocycles. The monoisotopic (exact) mass is 474 g/mol. The van der Waals surface area contributed by atoms with E-state index in [-0.39, 0.29) is 11.3 Å². The third-order valence-electron chi connectivity index (χ3n) is 5.91. The lowest BCUT2D eigenvalue weighted by Crippen LogP contribution is -2.31. The van der Waals surface area contributed by atoms with Crippen LogP contribution in [0.3, 0.4) is 0 Å². The number of carbonyl (C=O) groups excluding carboxylic acids is 2. The number of benzene rings is 2. The number of fused-ring (bicyclic) bond motifs is 1. The Morgan fingerprint density at radius 2 is 2.00 bits per heavy atom. The number of aliphatic hydroxyl groups excluding tert-OH is 1. The number of aryl methyl sites for hydroxylation is 2. The van der Waals surface area contributed by atoms with Crippen LogP contribution >= 0.6 is 11.3 Å². The summed E-state index contributed by atoms with van der Waals surface area (Å²) in [6, 6.07) is 15.3. The fourth-order valence-corrected chi connectivity index (χ4v) is 5.25. The van der Waals surface area contributed by atoms with E-state index in [1.165, 1.54) is 29.4 Å². The maximum atomic E-state index is 13.5. The normalized spacial score (nSPS) is 16.0. The van der Waals surface area contributed by atoms with E-state index >= 15 is 0 Å². The molecule has 0 saturated carbocycles. The molecule has 0 bridgehead atoms. The second-order valence-corrected chi connectivity index (χ2v) is 8.98. The molecule has 0 fully saturated rings. The van der Waals surface area contributed by atoms with E-state index in [0.717, 1.165) is 22.2 Å². The van der Waals surface area contributed by atoms with Gasteiger partial charge in [0.1, 0.15) is 17.6 Å². The van der Waals surface area contributed by atoms with E-state index in [9.17, 15) is 14.7 Å². The van der Waals surface area contributed by atoms with Crippen molar-refractivity contribution in [3.63, 3.8) is 0 Å². The summed E-state index contributed by atoms with van der Waals surface area (Å²) in [7, 11) is 1.52. The van der Waals surface area contributed by atoms with Crippen molar-refractivity contribution in [1.29, 1.82) is 0 Å². The van der Waals surface area contributed by atoms with Crippen molar-refractivity contribution in [2.75, 3.05) is 12.0 Å². The smallest absolute Gasteiger partial charge is 0.296 e. The molecule has 7 nitrogen and oxygen atoms in total. The maximum Gasteiger partial charge on any atom is 0.296 e. The van der Waals surface area contributed by atoms with Gasteiger partial charge in [-0.05, 0) is 49.2 Å². The van der Waals surface area contributed by atoms with Crippen LogP contribution in [0, 0.1) is 6.92 Å². The topological polar surface area (TPSA) is 92.9 Å². The van der Waals surface area contributed by atoms with Gasteiger partial charge in [-0.2, -0.15) is 0 Å². The van der Waals surface area contributed by atoms with Crippen LogP contribution in [-0.2, 0) is 11.2 Å². The molecule has 5 rings (SSSR count). The molecule has 0 radical (unpaired) electrons. The summed E-state index contributed by atoms with van der Waals surface area (Å²) in [6.45, 7) is 3.79. The number of furan rings is 1. The highest BCUT2D eigenvalue weighted by molar-refractivity contribution is 7.22. The number of aliphatic hydroxyl groups is 1. The Balaban J connectivity index is 1.70. The molecule has 1 atom stereocenters. The summed E-state index contributed by atoms with van der Waals surface area (Å²) in [5, 5.41) is 11.3. The van der Waals surface area contributed by atoms with E-state index in [0.29, 0.717) is 22.2 Å². The van der Waals surface area contributed by atoms with Crippen LogP contribution in [0.2, 0.25) is 0 Å². The molecule has 1 aliphatic heterocycles. The molecule has 8 heteroatoms.